The third-order valence-corrected chi connectivity index (χ3v) is 3.82. The van der Waals surface area contributed by atoms with Crippen molar-refractivity contribution in [2.24, 2.45) is 0 Å². The van der Waals surface area contributed by atoms with Crippen molar-refractivity contribution in [3.8, 4) is 0 Å². The van der Waals surface area contributed by atoms with E-state index >= 15 is 0 Å². The molecule has 2 rings (SSSR count). The van der Waals surface area contributed by atoms with E-state index in [4.69, 9.17) is 0 Å². The predicted octanol–water partition coefficient (Wildman–Crippen LogP) is 1.72. The van der Waals surface area contributed by atoms with E-state index in [1.165, 1.54) is 6.07 Å². The van der Waals surface area contributed by atoms with Crippen LogP contribution in [-0.4, -0.2) is 39.1 Å². The largest absolute Gasteiger partial charge is 0.325 e. The molecule has 1 aromatic carbocycles. The first kappa shape index (κ1) is 19.6. The SMILES string of the molecule is Cc1ccc(NC(=O)C2CC(F)(F)CN2)cc1NS(C)(=O)=O.Cl. The van der Waals surface area contributed by atoms with E-state index in [1.54, 1.807) is 19.1 Å². The van der Waals surface area contributed by atoms with Crippen LogP contribution in [0.1, 0.15) is 12.0 Å². The van der Waals surface area contributed by atoms with Gasteiger partial charge in [0.2, 0.25) is 15.9 Å². The monoisotopic (exact) mass is 369 g/mol. The zero-order valence-electron chi connectivity index (χ0n) is 12.5. The maximum absolute atomic E-state index is 13.1. The number of anilines is 2. The second kappa shape index (κ2) is 6.98. The zero-order valence-corrected chi connectivity index (χ0v) is 14.2. The van der Waals surface area contributed by atoms with Crippen LogP contribution in [0.3, 0.4) is 0 Å². The first-order chi connectivity index (χ1) is 10.1. The highest BCUT2D eigenvalue weighted by Gasteiger charge is 2.42. The molecular weight excluding hydrogens is 352 g/mol. The Morgan fingerprint density at radius 2 is 2.04 bits per heavy atom. The smallest absolute Gasteiger partial charge is 0.262 e. The summed E-state index contributed by atoms with van der Waals surface area (Å²) in [4.78, 5) is 11.9. The van der Waals surface area contributed by atoms with E-state index in [2.05, 4.69) is 15.4 Å². The molecule has 0 radical (unpaired) electrons. The third-order valence-electron chi connectivity index (χ3n) is 3.23. The Hall–Kier alpha value is -1.45. The molecule has 0 bridgehead atoms. The fraction of sp³-hybridized carbons (Fsp3) is 0.462. The van der Waals surface area contributed by atoms with Gasteiger partial charge in [-0.1, -0.05) is 6.07 Å². The molecule has 1 fully saturated rings. The number of aryl methyl sites for hydroxylation is 1. The van der Waals surface area contributed by atoms with Crippen LogP contribution in [0.15, 0.2) is 18.2 Å². The van der Waals surface area contributed by atoms with Gasteiger partial charge in [0.1, 0.15) is 0 Å². The first-order valence-electron chi connectivity index (χ1n) is 6.56. The summed E-state index contributed by atoms with van der Waals surface area (Å²) >= 11 is 0. The van der Waals surface area contributed by atoms with Crippen molar-refractivity contribution in [1.29, 1.82) is 0 Å². The Kier molecular flexibility index (Phi) is 5.95. The van der Waals surface area contributed by atoms with Crippen molar-refractivity contribution in [2.75, 3.05) is 22.8 Å². The molecule has 0 aromatic heterocycles. The average Bonchev–Trinajstić information content (AvgIpc) is 2.72. The van der Waals surface area contributed by atoms with Crippen LogP contribution in [0, 0.1) is 6.92 Å². The Morgan fingerprint density at radius 3 is 2.57 bits per heavy atom. The number of hydrogen-bond donors (Lipinski definition) is 3. The second-order valence-corrected chi connectivity index (χ2v) is 7.14. The van der Waals surface area contributed by atoms with Crippen LogP contribution in [-0.2, 0) is 14.8 Å². The lowest BCUT2D eigenvalue weighted by atomic mass is 10.1. The molecule has 1 aliphatic heterocycles. The predicted molar refractivity (Wildman–Crippen MR) is 86.9 cm³/mol. The molecule has 10 heteroatoms. The number of alkyl halides is 2. The first-order valence-corrected chi connectivity index (χ1v) is 8.45. The van der Waals surface area contributed by atoms with E-state index in [9.17, 15) is 22.0 Å². The summed E-state index contributed by atoms with van der Waals surface area (Å²) in [5.74, 6) is -3.47. The number of carbonyl (C=O) groups is 1. The molecule has 1 atom stereocenters. The summed E-state index contributed by atoms with van der Waals surface area (Å²) in [6, 6.07) is 3.68. The van der Waals surface area contributed by atoms with Crippen LogP contribution in [0.4, 0.5) is 20.2 Å². The Labute approximate surface area is 139 Å². The van der Waals surface area contributed by atoms with Crippen LogP contribution < -0.4 is 15.4 Å². The third kappa shape index (κ3) is 5.60. The van der Waals surface area contributed by atoms with Crippen molar-refractivity contribution in [1.82, 2.24) is 5.32 Å². The Morgan fingerprint density at radius 1 is 1.39 bits per heavy atom. The van der Waals surface area contributed by atoms with Crippen molar-refractivity contribution in [3.05, 3.63) is 23.8 Å². The number of carbonyl (C=O) groups excluding carboxylic acids is 1. The van der Waals surface area contributed by atoms with Crippen LogP contribution in [0.25, 0.3) is 0 Å². The molecule has 1 aliphatic rings. The molecular formula is C13H18ClF2N3O3S. The lowest BCUT2D eigenvalue weighted by Gasteiger charge is -2.14. The van der Waals surface area contributed by atoms with Gasteiger partial charge in [0.25, 0.3) is 5.92 Å². The van der Waals surface area contributed by atoms with Crippen molar-refractivity contribution in [3.63, 3.8) is 0 Å². The highest BCUT2D eigenvalue weighted by Crippen LogP contribution is 2.26. The average molecular weight is 370 g/mol. The quantitative estimate of drug-likeness (QED) is 0.754. The standard InChI is InChI=1S/C13H17F2N3O3S.ClH/c1-8-3-4-9(5-10(8)18-22(2,20)21)17-12(19)11-6-13(14,15)7-16-11;/h3-5,11,16,18H,6-7H2,1-2H3,(H,17,19);1H. The van der Waals surface area contributed by atoms with Gasteiger partial charge in [-0.2, -0.15) is 0 Å². The van der Waals surface area contributed by atoms with Gasteiger partial charge in [0.05, 0.1) is 24.5 Å². The number of rotatable bonds is 4. The fourth-order valence-corrected chi connectivity index (χ4v) is 2.76. The Balaban J connectivity index is 0.00000264. The summed E-state index contributed by atoms with van der Waals surface area (Å²) in [7, 11) is -3.45. The molecule has 1 unspecified atom stereocenters. The van der Waals surface area contributed by atoms with E-state index < -0.39 is 40.9 Å². The number of halogens is 3. The topological polar surface area (TPSA) is 87.3 Å². The number of benzene rings is 1. The molecule has 3 N–H and O–H groups in total. The minimum Gasteiger partial charge on any atom is -0.325 e. The van der Waals surface area contributed by atoms with Gasteiger partial charge < -0.3 is 5.32 Å². The summed E-state index contributed by atoms with van der Waals surface area (Å²) in [6.07, 6.45) is 0.460. The zero-order chi connectivity index (χ0) is 16.5. The molecule has 130 valence electrons. The maximum atomic E-state index is 13.1. The molecule has 1 aromatic rings. The molecule has 1 heterocycles. The van der Waals surface area contributed by atoms with E-state index in [0.29, 0.717) is 16.9 Å². The Bertz CT molecular complexity index is 698. The van der Waals surface area contributed by atoms with E-state index in [-0.39, 0.29) is 12.4 Å². The molecule has 6 nitrogen and oxygen atoms in total. The molecule has 0 aliphatic carbocycles. The van der Waals surface area contributed by atoms with Crippen LogP contribution in [0.5, 0.6) is 0 Å². The van der Waals surface area contributed by atoms with Gasteiger partial charge in [-0.25, -0.2) is 17.2 Å². The summed E-state index contributed by atoms with van der Waals surface area (Å²) < 4.78 is 51.0. The molecule has 0 saturated carbocycles. The maximum Gasteiger partial charge on any atom is 0.262 e. The summed E-state index contributed by atoms with van der Waals surface area (Å²) in [5, 5.41) is 4.96. The van der Waals surface area contributed by atoms with Crippen LogP contribution in [0.2, 0.25) is 0 Å². The molecule has 1 amide bonds. The minimum absolute atomic E-state index is 0. The molecule has 23 heavy (non-hydrogen) atoms. The normalized spacial score (nSPS) is 19.7. The highest BCUT2D eigenvalue weighted by molar-refractivity contribution is 7.92. The van der Waals surface area contributed by atoms with Gasteiger partial charge in [-0.3, -0.25) is 14.8 Å². The summed E-state index contributed by atoms with van der Waals surface area (Å²) in [5.41, 5.74) is 1.33. The van der Waals surface area contributed by atoms with Gasteiger partial charge in [0, 0.05) is 12.1 Å². The fourth-order valence-electron chi connectivity index (χ4n) is 2.14. The van der Waals surface area contributed by atoms with Crippen molar-refractivity contribution < 1.29 is 22.0 Å². The number of hydrogen-bond acceptors (Lipinski definition) is 4. The van der Waals surface area contributed by atoms with Crippen molar-refractivity contribution >= 4 is 39.7 Å². The highest BCUT2D eigenvalue weighted by atomic mass is 35.5. The lowest BCUT2D eigenvalue weighted by Crippen LogP contribution is -2.35. The minimum atomic E-state index is -3.45. The second-order valence-electron chi connectivity index (χ2n) is 5.39. The lowest BCUT2D eigenvalue weighted by molar-refractivity contribution is -0.118. The van der Waals surface area contributed by atoms with E-state index in [0.717, 1.165) is 6.26 Å². The number of nitrogens with one attached hydrogen (secondary N) is 3. The van der Waals surface area contributed by atoms with E-state index in [1.807, 2.05) is 0 Å². The number of amides is 1. The van der Waals surface area contributed by atoms with Gasteiger partial charge in [-0.15, -0.1) is 12.4 Å². The van der Waals surface area contributed by atoms with Gasteiger partial charge in [-0.05, 0) is 24.6 Å². The molecule has 1 saturated heterocycles. The summed E-state index contributed by atoms with van der Waals surface area (Å²) in [6.45, 7) is 1.18. The van der Waals surface area contributed by atoms with Gasteiger partial charge >= 0.3 is 0 Å². The molecule has 0 spiro atoms. The van der Waals surface area contributed by atoms with Crippen molar-refractivity contribution in [2.45, 2.75) is 25.3 Å². The van der Waals surface area contributed by atoms with Crippen LogP contribution >= 0.6 is 12.4 Å². The number of sulfonamides is 1. The van der Waals surface area contributed by atoms with Gasteiger partial charge in [0.15, 0.2) is 0 Å².